The zero-order chi connectivity index (χ0) is 14.9. The summed E-state index contributed by atoms with van der Waals surface area (Å²) in [4.78, 5) is 4.43. The Hall–Kier alpha value is -0.770. The van der Waals surface area contributed by atoms with E-state index in [0.717, 1.165) is 24.9 Å². The van der Waals surface area contributed by atoms with Gasteiger partial charge in [0.15, 0.2) is 5.96 Å². The van der Waals surface area contributed by atoms with Gasteiger partial charge in [-0.25, -0.2) is 0 Å². The first-order valence-corrected chi connectivity index (χ1v) is 8.85. The minimum absolute atomic E-state index is 0.403. The molecule has 4 unspecified atom stereocenters. The van der Waals surface area contributed by atoms with Crippen molar-refractivity contribution in [3.05, 3.63) is 0 Å². The lowest BCUT2D eigenvalue weighted by Gasteiger charge is -2.61. The van der Waals surface area contributed by atoms with Crippen LogP contribution in [-0.4, -0.2) is 37.8 Å². The Morgan fingerprint density at radius 3 is 2.62 bits per heavy atom. The number of hydrogen-bond donors (Lipinski definition) is 2. The van der Waals surface area contributed by atoms with Crippen LogP contribution in [-0.2, 0) is 4.74 Å². The molecule has 4 nitrogen and oxygen atoms in total. The fourth-order valence-electron chi connectivity index (χ4n) is 4.27. The van der Waals surface area contributed by atoms with Crippen LogP contribution in [0, 0.1) is 11.3 Å². The van der Waals surface area contributed by atoms with Gasteiger partial charge in [-0.15, -0.1) is 0 Å². The number of rotatable bonds is 6. The summed E-state index contributed by atoms with van der Waals surface area (Å²) in [5, 5.41) is 7.28. The third-order valence-corrected chi connectivity index (χ3v) is 5.88. The van der Waals surface area contributed by atoms with E-state index in [2.05, 4.69) is 29.5 Å². The summed E-state index contributed by atoms with van der Waals surface area (Å²) in [6.07, 6.45) is 9.53. The number of aliphatic imine (C=N–C) groups is 1. The Morgan fingerprint density at radius 2 is 2.05 bits per heavy atom. The lowest BCUT2D eigenvalue weighted by atomic mass is 9.51. The maximum atomic E-state index is 5.92. The van der Waals surface area contributed by atoms with E-state index in [-0.39, 0.29) is 0 Å². The van der Waals surface area contributed by atoms with Gasteiger partial charge in [0, 0.05) is 31.2 Å². The molecule has 3 aliphatic carbocycles. The summed E-state index contributed by atoms with van der Waals surface area (Å²) in [6.45, 7) is 5.21. The molecule has 3 saturated carbocycles. The molecule has 2 N–H and O–H groups in total. The topological polar surface area (TPSA) is 45.7 Å². The molecule has 1 spiro atoms. The Morgan fingerprint density at radius 1 is 1.24 bits per heavy atom. The van der Waals surface area contributed by atoms with E-state index in [1.165, 1.54) is 38.5 Å². The molecule has 0 radical (unpaired) electrons. The minimum atomic E-state index is 0.403. The quantitative estimate of drug-likeness (QED) is 0.584. The van der Waals surface area contributed by atoms with Crippen LogP contribution in [0.1, 0.15) is 58.8 Å². The van der Waals surface area contributed by atoms with Crippen molar-refractivity contribution in [3.8, 4) is 0 Å². The highest BCUT2D eigenvalue weighted by atomic mass is 16.5. The van der Waals surface area contributed by atoms with Crippen molar-refractivity contribution in [3.63, 3.8) is 0 Å². The normalized spacial score (nSPS) is 36.8. The van der Waals surface area contributed by atoms with Gasteiger partial charge in [0.05, 0.1) is 6.10 Å². The van der Waals surface area contributed by atoms with Crippen LogP contribution in [0.3, 0.4) is 0 Å². The number of guanidine groups is 1. The highest BCUT2D eigenvalue weighted by molar-refractivity contribution is 5.81. The Labute approximate surface area is 129 Å². The fraction of sp³-hybridized carbons (Fsp3) is 0.941. The first-order chi connectivity index (χ1) is 10.2. The molecule has 4 heteroatoms. The first-order valence-electron chi connectivity index (χ1n) is 8.85. The molecule has 4 atom stereocenters. The van der Waals surface area contributed by atoms with Crippen LogP contribution in [0.25, 0.3) is 0 Å². The van der Waals surface area contributed by atoms with Gasteiger partial charge in [0.2, 0.25) is 0 Å². The van der Waals surface area contributed by atoms with Crippen LogP contribution in [0.15, 0.2) is 4.99 Å². The molecule has 21 heavy (non-hydrogen) atoms. The van der Waals surface area contributed by atoms with Gasteiger partial charge >= 0.3 is 0 Å². The maximum absolute atomic E-state index is 5.92. The molecule has 0 aromatic carbocycles. The molecule has 0 heterocycles. The van der Waals surface area contributed by atoms with Gasteiger partial charge < -0.3 is 15.4 Å². The lowest BCUT2D eigenvalue weighted by Crippen LogP contribution is -2.68. The highest BCUT2D eigenvalue weighted by Gasteiger charge is 2.59. The SMILES string of the molecule is CCCC1CC1NC(=NC)NC1CC(OCC)C12CCC2. The molecule has 3 fully saturated rings. The van der Waals surface area contributed by atoms with Gasteiger partial charge in [-0.05, 0) is 44.9 Å². The summed E-state index contributed by atoms with van der Waals surface area (Å²) in [5.41, 5.74) is 0.403. The van der Waals surface area contributed by atoms with Crippen LogP contribution in [0.2, 0.25) is 0 Å². The number of nitrogens with one attached hydrogen (secondary N) is 2. The molecule has 0 aromatic rings. The summed E-state index contributed by atoms with van der Waals surface area (Å²) in [5.74, 6) is 1.87. The van der Waals surface area contributed by atoms with E-state index < -0.39 is 0 Å². The second kappa shape index (κ2) is 6.15. The van der Waals surface area contributed by atoms with Crippen LogP contribution >= 0.6 is 0 Å². The van der Waals surface area contributed by atoms with Crippen molar-refractivity contribution >= 4 is 5.96 Å². The van der Waals surface area contributed by atoms with Crippen molar-refractivity contribution < 1.29 is 4.74 Å². The molecule has 0 aliphatic heterocycles. The van der Waals surface area contributed by atoms with Gasteiger partial charge in [-0.2, -0.15) is 0 Å². The predicted molar refractivity (Wildman–Crippen MR) is 86.5 cm³/mol. The molecule has 0 amide bonds. The molecule has 0 aromatic heterocycles. The van der Waals surface area contributed by atoms with Crippen molar-refractivity contribution in [1.29, 1.82) is 0 Å². The van der Waals surface area contributed by atoms with Crippen molar-refractivity contribution in [2.24, 2.45) is 16.3 Å². The van der Waals surface area contributed by atoms with Gasteiger partial charge in [0.1, 0.15) is 0 Å². The highest BCUT2D eigenvalue weighted by Crippen LogP contribution is 2.57. The van der Waals surface area contributed by atoms with Gasteiger partial charge in [-0.3, -0.25) is 4.99 Å². The summed E-state index contributed by atoms with van der Waals surface area (Å²) in [7, 11) is 1.89. The second-order valence-corrected chi connectivity index (χ2v) is 7.07. The van der Waals surface area contributed by atoms with Crippen molar-refractivity contribution in [2.45, 2.75) is 77.0 Å². The smallest absolute Gasteiger partial charge is 0.191 e. The average Bonchev–Trinajstić information content (AvgIpc) is 3.12. The Bertz CT molecular complexity index is 391. The van der Waals surface area contributed by atoms with E-state index in [1.54, 1.807) is 0 Å². The molecular weight excluding hydrogens is 262 g/mol. The van der Waals surface area contributed by atoms with E-state index in [1.807, 2.05) is 7.05 Å². The first kappa shape index (κ1) is 15.1. The van der Waals surface area contributed by atoms with E-state index in [9.17, 15) is 0 Å². The van der Waals surface area contributed by atoms with Crippen LogP contribution in [0.4, 0.5) is 0 Å². The van der Waals surface area contributed by atoms with Crippen LogP contribution in [0.5, 0.6) is 0 Å². The summed E-state index contributed by atoms with van der Waals surface area (Å²) < 4.78 is 5.92. The average molecular weight is 293 g/mol. The lowest BCUT2D eigenvalue weighted by molar-refractivity contribution is -0.168. The third kappa shape index (κ3) is 2.79. The summed E-state index contributed by atoms with van der Waals surface area (Å²) in [6, 6.07) is 1.20. The zero-order valence-electron chi connectivity index (χ0n) is 13.8. The monoisotopic (exact) mass is 293 g/mol. The minimum Gasteiger partial charge on any atom is -0.378 e. The standard InChI is InChI=1S/C17H31N3O/c1-4-7-12-10-13(12)19-16(18-3)20-14-11-15(21-5-2)17(14)8-6-9-17/h12-15H,4-11H2,1-3H3,(H2,18,19,20). The molecule has 0 saturated heterocycles. The van der Waals surface area contributed by atoms with Crippen LogP contribution < -0.4 is 10.6 Å². The van der Waals surface area contributed by atoms with Gasteiger partial charge in [-0.1, -0.05) is 19.8 Å². The largest absolute Gasteiger partial charge is 0.378 e. The van der Waals surface area contributed by atoms with E-state index in [0.29, 0.717) is 23.6 Å². The summed E-state index contributed by atoms with van der Waals surface area (Å²) >= 11 is 0. The third-order valence-electron chi connectivity index (χ3n) is 5.88. The fourth-order valence-corrected chi connectivity index (χ4v) is 4.27. The molecular formula is C17H31N3O. The van der Waals surface area contributed by atoms with Gasteiger partial charge in [0.25, 0.3) is 0 Å². The Balaban J connectivity index is 1.49. The number of ether oxygens (including phenoxy) is 1. The molecule has 3 aliphatic rings. The molecule has 120 valence electrons. The molecule has 3 rings (SSSR count). The van der Waals surface area contributed by atoms with Crippen molar-refractivity contribution in [2.75, 3.05) is 13.7 Å². The molecule has 0 bridgehead atoms. The number of nitrogens with zero attached hydrogens (tertiary/aromatic N) is 1. The van der Waals surface area contributed by atoms with E-state index in [4.69, 9.17) is 4.74 Å². The second-order valence-electron chi connectivity index (χ2n) is 7.07. The van der Waals surface area contributed by atoms with E-state index >= 15 is 0 Å². The Kier molecular flexibility index (Phi) is 4.43. The number of hydrogen-bond acceptors (Lipinski definition) is 2. The zero-order valence-corrected chi connectivity index (χ0v) is 13.8. The maximum Gasteiger partial charge on any atom is 0.191 e. The predicted octanol–water partition coefficient (Wildman–Crippen LogP) is 2.69. The van der Waals surface area contributed by atoms with Crippen molar-refractivity contribution in [1.82, 2.24) is 10.6 Å².